The predicted octanol–water partition coefficient (Wildman–Crippen LogP) is 4.88. The zero-order valence-corrected chi connectivity index (χ0v) is 10.5. The molecule has 1 aromatic carbocycles. The third-order valence-electron chi connectivity index (χ3n) is 2.04. The number of rotatable bonds is 3. The summed E-state index contributed by atoms with van der Waals surface area (Å²) in [6, 6.07) is 5.68. The van der Waals surface area contributed by atoms with Crippen molar-refractivity contribution in [1.82, 2.24) is 0 Å². The zero-order chi connectivity index (χ0) is 9.84. The van der Waals surface area contributed by atoms with E-state index < -0.39 is 0 Å². The Hall–Kier alpha value is 0.280. The molecule has 13 heavy (non-hydrogen) atoms. The topological polar surface area (TPSA) is 0 Å². The largest absolute Gasteiger partial charge is 0.0928 e. The first-order valence-corrected chi connectivity index (χ1v) is 6.03. The maximum absolute atomic E-state index is 6.06. The van der Waals surface area contributed by atoms with Crippen LogP contribution in [-0.4, -0.2) is 5.33 Å². The summed E-state index contributed by atoms with van der Waals surface area (Å²) in [4.78, 5) is 0. The molecule has 72 valence electrons. The van der Waals surface area contributed by atoms with Crippen LogP contribution in [0.5, 0.6) is 0 Å². The lowest BCUT2D eigenvalue weighted by atomic mass is 9.99. The summed E-state index contributed by atoms with van der Waals surface area (Å²) >= 11 is 15.3. The maximum Gasteiger partial charge on any atom is 0.0455 e. The van der Waals surface area contributed by atoms with Crippen molar-refractivity contribution in [2.45, 2.75) is 19.3 Å². The van der Waals surface area contributed by atoms with E-state index in [0.717, 1.165) is 16.8 Å². The Morgan fingerprint density at radius 2 is 2.08 bits per heavy atom. The predicted molar refractivity (Wildman–Crippen MR) is 63.3 cm³/mol. The highest BCUT2D eigenvalue weighted by molar-refractivity contribution is 9.09. The van der Waals surface area contributed by atoms with Crippen LogP contribution in [0.2, 0.25) is 10.0 Å². The SMILES string of the molecule is CC(CCBr)c1ccc(Cl)cc1Cl. The number of hydrogen-bond donors (Lipinski definition) is 0. The molecular formula is C10H11BrCl2. The summed E-state index contributed by atoms with van der Waals surface area (Å²) in [6.45, 7) is 2.16. The molecule has 0 N–H and O–H groups in total. The second-order valence-corrected chi connectivity index (χ2v) is 4.68. The summed E-state index contributed by atoms with van der Waals surface area (Å²) in [5.74, 6) is 0.476. The van der Waals surface area contributed by atoms with E-state index >= 15 is 0 Å². The van der Waals surface area contributed by atoms with Gasteiger partial charge in [-0.3, -0.25) is 0 Å². The van der Waals surface area contributed by atoms with Crippen molar-refractivity contribution in [2.24, 2.45) is 0 Å². The smallest absolute Gasteiger partial charge is 0.0455 e. The Morgan fingerprint density at radius 3 is 2.62 bits per heavy atom. The summed E-state index contributed by atoms with van der Waals surface area (Å²) in [6.07, 6.45) is 1.08. The van der Waals surface area contributed by atoms with Gasteiger partial charge in [-0.15, -0.1) is 0 Å². The van der Waals surface area contributed by atoms with E-state index in [1.54, 1.807) is 6.07 Å². The number of halogens is 3. The van der Waals surface area contributed by atoms with Crippen LogP contribution >= 0.6 is 39.1 Å². The van der Waals surface area contributed by atoms with Crippen molar-refractivity contribution in [2.75, 3.05) is 5.33 Å². The standard InChI is InChI=1S/C10H11BrCl2/c1-7(4-5-11)9-3-2-8(12)6-10(9)13/h2-3,6-7H,4-5H2,1H3. The van der Waals surface area contributed by atoms with Gasteiger partial charge in [0.15, 0.2) is 0 Å². The van der Waals surface area contributed by atoms with Gasteiger partial charge in [-0.05, 0) is 30.0 Å². The normalized spacial score (nSPS) is 12.9. The van der Waals surface area contributed by atoms with Gasteiger partial charge in [-0.1, -0.05) is 52.1 Å². The molecule has 1 unspecified atom stereocenters. The summed E-state index contributed by atoms with van der Waals surface area (Å²) in [5.41, 5.74) is 1.17. The monoisotopic (exact) mass is 280 g/mol. The van der Waals surface area contributed by atoms with Crippen LogP contribution in [0.25, 0.3) is 0 Å². The van der Waals surface area contributed by atoms with Gasteiger partial charge in [-0.2, -0.15) is 0 Å². The Labute approximate surface area is 97.4 Å². The van der Waals surface area contributed by atoms with Crippen LogP contribution in [-0.2, 0) is 0 Å². The quantitative estimate of drug-likeness (QED) is 0.693. The lowest BCUT2D eigenvalue weighted by Gasteiger charge is -2.11. The molecule has 3 heteroatoms. The summed E-state index contributed by atoms with van der Waals surface area (Å²) < 4.78 is 0. The third-order valence-corrected chi connectivity index (χ3v) is 3.06. The molecule has 0 radical (unpaired) electrons. The summed E-state index contributed by atoms with van der Waals surface area (Å²) in [7, 11) is 0. The van der Waals surface area contributed by atoms with Crippen molar-refractivity contribution < 1.29 is 0 Å². The molecular weight excluding hydrogens is 271 g/mol. The molecule has 1 aromatic rings. The van der Waals surface area contributed by atoms with E-state index in [0.29, 0.717) is 10.9 Å². The van der Waals surface area contributed by atoms with Gasteiger partial charge in [0.05, 0.1) is 0 Å². The molecule has 1 rings (SSSR count). The average Bonchev–Trinajstić information content (AvgIpc) is 2.04. The first kappa shape index (κ1) is 11.4. The lowest BCUT2D eigenvalue weighted by Crippen LogP contribution is -1.95. The van der Waals surface area contributed by atoms with E-state index in [2.05, 4.69) is 22.9 Å². The number of alkyl halides is 1. The molecule has 0 bridgehead atoms. The van der Waals surface area contributed by atoms with Gasteiger partial charge in [-0.25, -0.2) is 0 Å². The average molecular weight is 282 g/mol. The van der Waals surface area contributed by atoms with E-state index in [1.807, 2.05) is 12.1 Å². The highest BCUT2D eigenvalue weighted by atomic mass is 79.9. The van der Waals surface area contributed by atoms with Crippen LogP contribution < -0.4 is 0 Å². The zero-order valence-electron chi connectivity index (χ0n) is 7.36. The second kappa shape index (κ2) is 5.23. The minimum absolute atomic E-state index is 0.476. The molecule has 0 aliphatic carbocycles. The fraction of sp³-hybridized carbons (Fsp3) is 0.400. The minimum atomic E-state index is 0.476. The van der Waals surface area contributed by atoms with Crippen molar-refractivity contribution in [3.63, 3.8) is 0 Å². The fourth-order valence-electron chi connectivity index (χ4n) is 1.22. The molecule has 0 saturated carbocycles. The number of hydrogen-bond acceptors (Lipinski definition) is 0. The Balaban J connectivity index is 2.88. The van der Waals surface area contributed by atoms with Crippen molar-refractivity contribution in [1.29, 1.82) is 0 Å². The van der Waals surface area contributed by atoms with E-state index in [4.69, 9.17) is 23.2 Å². The maximum atomic E-state index is 6.06. The van der Waals surface area contributed by atoms with Crippen molar-refractivity contribution in [3.05, 3.63) is 33.8 Å². The van der Waals surface area contributed by atoms with Crippen molar-refractivity contribution in [3.8, 4) is 0 Å². The van der Waals surface area contributed by atoms with Gasteiger partial charge in [0.25, 0.3) is 0 Å². The molecule has 0 aliphatic heterocycles. The third kappa shape index (κ3) is 3.16. The van der Waals surface area contributed by atoms with E-state index in [9.17, 15) is 0 Å². The lowest BCUT2D eigenvalue weighted by molar-refractivity contribution is 0.744. The molecule has 1 atom stereocenters. The molecule has 0 heterocycles. The van der Waals surface area contributed by atoms with Gasteiger partial charge in [0, 0.05) is 15.4 Å². The van der Waals surface area contributed by atoms with Crippen LogP contribution in [0, 0.1) is 0 Å². The highest BCUT2D eigenvalue weighted by Gasteiger charge is 2.08. The van der Waals surface area contributed by atoms with Gasteiger partial charge < -0.3 is 0 Å². The number of benzene rings is 1. The van der Waals surface area contributed by atoms with Crippen LogP contribution in [0.15, 0.2) is 18.2 Å². The van der Waals surface area contributed by atoms with Gasteiger partial charge >= 0.3 is 0 Å². The van der Waals surface area contributed by atoms with E-state index in [-0.39, 0.29) is 0 Å². The van der Waals surface area contributed by atoms with Crippen LogP contribution in [0.1, 0.15) is 24.8 Å². The first-order chi connectivity index (χ1) is 6.15. The fourth-order valence-corrected chi connectivity index (χ4v) is 2.50. The Morgan fingerprint density at radius 1 is 1.38 bits per heavy atom. The second-order valence-electron chi connectivity index (χ2n) is 3.04. The Kier molecular flexibility index (Phi) is 4.57. The molecule has 0 amide bonds. The summed E-state index contributed by atoms with van der Waals surface area (Å²) in [5, 5.41) is 2.45. The highest BCUT2D eigenvalue weighted by Crippen LogP contribution is 2.29. The molecule has 0 spiro atoms. The van der Waals surface area contributed by atoms with Crippen molar-refractivity contribution >= 4 is 39.1 Å². The van der Waals surface area contributed by atoms with Crippen LogP contribution in [0.3, 0.4) is 0 Å². The van der Waals surface area contributed by atoms with Gasteiger partial charge in [0.2, 0.25) is 0 Å². The molecule has 0 nitrogen and oxygen atoms in total. The molecule has 0 aliphatic rings. The molecule has 0 saturated heterocycles. The van der Waals surface area contributed by atoms with Crippen LogP contribution in [0.4, 0.5) is 0 Å². The van der Waals surface area contributed by atoms with Gasteiger partial charge in [0.1, 0.15) is 0 Å². The Bertz CT molecular complexity index is 286. The van der Waals surface area contributed by atoms with E-state index in [1.165, 1.54) is 5.56 Å². The molecule has 0 fully saturated rings. The first-order valence-electron chi connectivity index (χ1n) is 4.16. The molecule has 0 aromatic heterocycles. The minimum Gasteiger partial charge on any atom is -0.0928 e.